The fraction of sp³-hybridized carbons (Fsp3) is 0.556. The molecule has 1 saturated heterocycles. The topological polar surface area (TPSA) is 46.9 Å². The van der Waals surface area contributed by atoms with Gasteiger partial charge >= 0.3 is 0 Å². The Kier molecular flexibility index (Phi) is 2.04. The summed E-state index contributed by atoms with van der Waals surface area (Å²) in [5.41, 5.74) is 1.15. The van der Waals surface area contributed by atoms with Crippen molar-refractivity contribution >= 4 is 5.91 Å². The molecule has 4 nitrogen and oxygen atoms in total. The number of aromatic nitrogens is 2. The van der Waals surface area contributed by atoms with E-state index in [-0.39, 0.29) is 5.91 Å². The molecule has 2 heterocycles. The molecule has 2 rings (SSSR count). The van der Waals surface area contributed by atoms with Crippen molar-refractivity contribution in [2.24, 2.45) is 5.92 Å². The van der Waals surface area contributed by atoms with Gasteiger partial charge in [0.15, 0.2) is 0 Å². The summed E-state index contributed by atoms with van der Waals surface area (Å²) in [6, 6.07) is 1.98. The van der Waals surface area contributed by atoms with Gasteiger partial charge in [-0.15, -0.1) is 0 Å². The summed E-state index contributed by atoms with van der Waals surface area (Å²) >= 11 is 0. The first-order valence-electron chi connectivity index (χ1n) is 4.51. The van der Waals surface area contributed by atoms with E-state index in [1.165, 1.54) is 0 Å². The Bertz CT molecular complexity index is 318. The Morgan fingerprint density at radius 1 is 1.77 bits per heavy atom. The van der Waals surface area contributed by atoms with E-state index in [2.05, 4.69) is 10.4 Å². The molecule has 1 unspecified atom stereocenters. The molecule has 1 fully saturated rings. The van der Waals surface area contributed by atoms with Crippen LogP contribution in [0.2, 0.25) is 0 Å². The van der Waals surface area contributed by atoms with E-state index in [4.69, 9.17) is 0 Å². The van der Waals surface area contributed by atoms with Crippen LogP contribution in [0.4, 0.5) is 0 Å². The number of nitrogens with one attached hydrogen (secondary N) is 1. The van der Waals surface area contributed by atoms with Crippen molar-refractivity contribution in [2.45, 2.75) is 19.9 Å². The lowest BCUT2D eigenvalue weighted by molar-refractivity contribution is -0.119. The fourth-order valence-corrected chi connectivity index (χ4v) is 1.63. The Morgan fingerprint density at radius 2 is 2.62 bits per heavy atom. The van der Waals surface area contributed by atoms with Crippen molar-refractivity contribution in [1.29, 1.82) is 0 Å². The molecule has 0 bridgehead atoms. The Morgan fingerprint density at radius 3 is 3.15 bits per heavy atom. The van der Waals surface area contributed by atoms with Crippen LogP contribution in [-0.2, 0) is 11.3 Å². The van der Waals surface area contributed by atoms with E-state index in [0.29, 0.717) is 12.3 Å². The first-order chi connectivity index (χ1) is 6.25. The summed E-state index contributed by atoms with van der Waals surface area (Å²) in [7, 11) is 0. The van der Waals surface area contributed by atoms with E-state index in [0.717, 1.165) is 18.8 Å². The van der Waals surface area contributed by atoms with Crippen molar-refractivity contribution < 1.29 is 4.79 Å². The monoisotopic (exact) mass is 179 g/mol. The standard InChI is InChI=1S/C9H13N3O/c1-7-2-3-11-12(7)6-8-4-9(13)10-5-8/h2-3,8H,4-6H2,1H3,(H,10,13). The third kappa shape index (κ3) is 1.71. The minimum atomic E-state index is 0.162. The van der Waals surface area contributed by atoms with Crippen LogP contribution in [0.1, 0.15) is 12.1 Å². The summed E-state index contributed by atoms with van der Waals surface area (Å²) in [4.78, 5) is 10.9. The molecule has 1 atom stereocenters. The van der Waals surface area contributed by atoms with Crippen LogP contribution in [0.3, 0.4) is 0 Å². The molecular formula is C9H13N3O. The van der Waals surface area contributed by atoms with Gasteiger partial charge in [0.05, 0.1) is 0 Å². The number of hydrogen-bond acceptors (Lipinski definition) is 2. The average Bonchev–Trinajstić information content (AvgIpc) is 2.64. The number of hydrogen-bond donors (Lipinski definition) is 1. The second-order valence-corrected chi connectivity index (χ2v) is 3.53. The van der Waals surface area contributed by atoms with Gasteiger partial charge in [-0.2, -0.15) is 5.10 Å². The molecule has 0 radical (unpaired) electrons. The van der Waals surface area contributed by atoms with Crippen molar-refractivity contribution in [3.63, 3.8) is 0 Å². The summed E-state index contributed by atoms with van der Waals surface area (Å²) in [6.07, 6.45) is 2.43. The number of nitrogens with zero attached hydrogens (tertiary/aromatic N) is 2. The maximum Gasteiger partial charge on any atom is 0.220 e. The van der Waals surface area contributed by atoms with Crippen molar-refractivity contribution in [3.05, 3.63) is 18.0 Å². The molecule has 0 spiro atoms. The fourth-order valence-electron chi connectivity index (χ4n) is 1.63. The minimum Gasteiger partial charge on any atom is -0.356 e. The number of rotatable bonds is 2. The minimum absolute atomic E-state index is 0.162. The normalized spacial score (nSPS) is 21.9. The van der Waals surface area contributed by atoms with E-state index < -0.39 is 0 Å². The molecule has 1 aliphatic heterocycles. The molecule has 0 aromatic carbocycles. The first kappa shape index (κ1) is 8.29. The van der Waals surface area contributed by atoms with Gasteiger partial charge in [-0.3, -0.25) is 9.48 Å². The van der Waals surface area contributed by atoms with Gasteiger partial charge in [-0.1, -0.05) is 0 Å². The molecule has 1 N–H and O–H groups in total. The maximum atomic E-state index is 10.9. The smallest absolute Gasteiger partial charge is 0.220 e. The second-order valence-electron chi connectivity index (χ2n) is 3.53. The second kappa shape index (κ2) is 3.20. The van der Waals surface area contributed by atoms with Crippen molar-refractivity contribution in [2.75, 3.05) is 6.54 Å². The largest absolute Gasteiger partial charge is 0.356 e. The molecule has 13 heavy (non-hydrogen) atoms. The molecule has 1 amide bonds. The number of aryl methyl sites for hydroxylation is 1. The highest BCUT2D eigenvalue weighted by Crippen LogP contribution is 2.12. The van der Waals surface area contributed by atoms with Crippen LogP contribution in [-0.4, -0.2) is 22.2 Å². The van der Waals surface area contributed by atoms with Gasteiger partial charge in [-0.25, -0.2) is 0 Å². The van der Waals surface area contributed by atoms with Crippen LogP contribution >= 0.6 is 0 Å². The zero-order chi connectivity index (χ0) is 9.26. The number of amides is 1. The zero-order valence-corrected chi connectivity index (χ0v) is 7.66. The highest BCUT2D eigenvalue weighted by Gasteiger charge is 2.21. The lowest BCUT2D eigenvalue weighted by Crippen LogP contribution is -2.17. The summed E-state index contributed by atoms with van der Waals surface area (Å²) < 4.78 is 1.95. The molecule has 70 valence electrons. The predicted octanol–water partition coefficient (Wildman–Crippen LogP) is 0.328. The number of carbonyl (C=O) groups is 1. The third-order valence-electron chi connectivity index (χ3n) is 2.42. The van der Waals surface area contributed by atoms with Crippen LogP contribution < -0.4 is 5.32 Å². The van der Waals surface area contributed by atoms with Crippen LogP contribution in [0.25, 0.3) is 0 Å². The quantitative estimate of drug-likeness (QED) is 0.711. The van der Waals surface area contributed by atoms with Gasteiger partial charge < -0.3 is 5.32 Å². The highest BCUT2D eigenvalue weighted by atomic mass is 16.1. The maximum absolute atomic E-state index is 10.9. The summed E-state index contributed by atoms with van der Waals surface area (Å²) in [6.45, 7) is 3.66. The summed E-state index contributed by atoms with van der Waals surface area (Å²) in [5, 5.41) is 7.00. The SMILES string of the molecule is Cc1ccnn1CC1CNC(=O)C1. The Hall–Kier alpha value is -1.32. The Labute approximate surface area is 76.9 Å². The zero-order valence-electron chi connectivity index (χ0n) is 7.66. The first-order valence-corrected chi connectivity index (χ1v) is 4.51. The average molecular weight is 179 g/mol. The molecule has 1 aromatic rings. The van der Waals surface area contributed by atoms with E-state index in [1.807, 2.05) is 17.7 Å². The van der Waals surface area contributed by atoms with Gasteiger partial charge in [0.25, 0.3) is 0 Å². The molecule has 4 heteroatoms. The van der Waals surface area contributed by atoms with E-state index in [9.17, 15) is 4.79 Å². The number of carbonyl (C=O) groups excluding carboxylic acids is 1. The van der Waals surface area contributed by atoms with Gasteiger partial charge in [0.1, 0.15) is 0 Å². The molecule has 0 saturated carbocycles. The third-order valence-corrected chi connectivity index (χ3v) is 2.42. The molecule has 1 aromatic heterocycles. The van der Waals surface area contributed by atoms with Gasteiger partial charge in [-0.05, 0) is 13.0 Å². The molecule has 0 aliphatic carbocycles. The predicted molar refractivity (Wildman–Crippen MR) is 48.1 cm³/mol. The van der Waals surface area contributed by atoms with E-state index in [1.54, 1.807) is 6.20 Å². The van der Waals surface area contributed by atoms with Gasteiger partial charge in [0.2, 0.25) is 5.91 Å². The highest BCUT2D eigenvalue weighted by molar-refractivity contribution is 5.78. The van der Waals surface area contributed by atoms with Crippen LogP contribution in [0.15, 0.2) is 12.3 Å². The van der Waals surface area contributed by atoms with Crippen molar-refractivity contribution in [3.8, 4) is 0 Å². The van der Waals surface area contributed by atoms with Crippen LogP contribution in [0, 0.1) is 12.8 Å². The van der Waals surface area contributed by atoms with Crippen LogP contribution in [0.5, 0.6) is 0 Å². The Balaban J connectivity index is 1.99. The lowest BCUT2D eigenvalue weighted by Gasteiger charge is -2.08. The molecule has 1 aliphatic rings. The molecular weight excluding hydrogens is 166 g/mol. The summed E-state index contributed by atoms with van der Waals surface area (Å²) in [5.74, 6) is 0.570. The van der Waals surface area contributed by atoms with Gasteiger partial charge in [0, 0.05) is 37.3 Å². The van der Waals surface area contributed by atoms with Crippen molar-refractivity contribution in [1.82, 2.24) is 15.1 Å². The van der Waals surface area contributed by atoms with E-state index >= 15 is 0 Å². The lowest BCUT2D eigenvalue weighted by atomic mass is 10.1.